The van der Waals surface area contributed by atoms with E-state index in [2.05, 4.69) is 15.9 Å². The molecular weight excluding hydrogens is 325 g/mol. The van der Waals surface area contributed by atoms with Crippen LogP contribution in [0.4, 0.5) is 10.1 Å². The highest BCUT2D eigenvalue weighted by atomic mass is 79.9. The monoisotopic (exact) mass is 333 g/mol. The Morgan fingerprint density at radius 2 is 1.75 bits per heavy atom. The van der Waals surface area contributed by atoms with Crippen molar-refractivity contribution in [3.05, 3.63) is 63.4 Å². The van der Waals surface area contributed by atoms with E-state index in [4.69, 9.17) is 0 Å². The quantitative estimate of drug-likeness (QED) is 0.746. The Balaban J connectivity index is 2.17. The molecule has 0 saturated heterocycles. The Morgan fingerprint density at radius 1 is 1.05 bits per heavy atom. The molecule has 0 atom stereocenters. The number of halogens is 2. The van der Waals surface area contributed by atoms with E-state index in [1.54, 1.807) is 12.1 Å². The van der Waals surface area contributed by atoms with Crippen molar-refractivity contribution in [2.45, 2.75) is 6.92 Å². The van der Waals surface area contributed by atoms with Crippen molar-refractivity contribution < 1.29 is 14.0 Å². The van der Waals surface area contributed by atoms with E-state index < -0.39 is 17.6 Å². The van der Waals surface area contributed by atoms with Crippen LogP contribution in [0.1, 0.15) is 26.3 Å². The highest BCUT2D eigenvalue weighted by molar-refractivity contribution is 9.10. The van der Waals surface area contributed by atoms with Gasteiger partial charge in [-0.15, -0.1) is 0 Å². The Hall–Kier alpha value is -2.01. The van der Waals surface area contributed by atoms with Crippen LogP contribution in [0.5, 0.6) is 0 Å². The summed E-state index contributed by atoms with van der Waals surface area (Å²) in [6.07, 6.45) is 0. The fraction of sp³-hybridized carbons (Fsp3) is 0.0667. The smallest absolute Gasteiger partial charge is 0.266 e. The number of carbonyl (C=O) groups is 2. The van der Waals surface area contributed by atoms with Gasteiger partial charge in [0.05, 0.1) is 16.8 Å². The van der Waals surface area contributed by atoms with Crippen LogP contribution in [-0.4, -0.2) is 11.8 Å². The van der Waals surface area contributed by atoms with E-state index >= 15 is 0 Å². The standard InChI is InChI=1S/C15H9BrFNO2/c1-8-12(16)3-2-4-13(8)18-14(19)10-6-5-9(17)7-11(10)15(18)20/h2-7H,1H3. The minimum absolute atomic E-state index is 0.106. The summed E-state index contributed by atoms with van der Waals surface area (Å²) < 4.78 is 14.0. The fourth-order valence-corrected chi connectivity index (χ4v) is 2.63. The Bertz CT molecular complexity index is 758. The fourth-order valence-electron chi connectivity index (χ4n) is 2.27. The van der Waals surface area contributed by atoms with Crippen molar-refractivity contribution in [3.8, 4) is 0 Å². The van der Waals surface area contributed by atoms with Crippen LogP contribution >= 0.6 is 15.9 Å². The van der Waals surface area contributed by atoms with Gasteiger partial charge in [-0.05, 0) is 42.8 Å². The van der Waals surface area contributed by atoms with Crippen LogP contribution in [0.15, 0.2) is 40.9 Å². The molecule has 2 aromatic rings. The molecule has 1 aliphatic rings. The van der Waals surface area contributed by atoms with Gasteiger partial charge in [-0.2, -0.15) is 0 Å². The van der Waals surface area contributed by atoms with Crippen molar-refractivity contribution in [1.82, 2.24) is 0 Å². The summed E-state index contributed by atoms with van der Waals surface area (Å²) in [6.45, 7) is 1.81. The third-order valence-corrected chi connectivity index (χ3v) is 4.19. The molecular formula is C15H9BrFNO2. The molecule has 2 amide bonds. The lowest BCUT2D eigenvalue weighted by atomic mass is 10.1. The minimum Gasteiger partial charge on any atom is -0.268 e. The van der Waals surface area contributed by atoms with E-state index in [0.29, 0.717) is 5.69 Å². The average molecular weight is 334 g/mol. The molecule has 0 N–H and O–H groups in total. The van der Waals surface area contributed by atoms with Crippen LogP contribution in [0.2, 0.25) is 0 Å². The van der Waals surface area contributed by atoms with Crippen molar-refractivity contribution in [2.75, 3.05) is 4.90 Å². The van der Waals surface area contributed by atoms with Gasteiger partial charge in [-0.1, -0.05) is 22.0 Å². The largest absolute Gasteiger partial charge is 0.268 e. The molecule has 0 fully saturated rings. The lowest BCUT2D eigenvalue weighted by molar-refractivity contribution is 0.0926. The number of carbonyl (C=O) groups excluding carboxylic acids is 2. The molecule has 0 bridgehead atoms. The number of nitrogens with zero attached hydrogens (tertiary/aromatic N) is 1. The number of hydrogen-bond donors (Lipinski definition) is 0. The van der Waals surface area contributed by atoms with Gasteiger partial charge in [0.25, 0.3) is 11.8 Å². The average Bonchev–Trinajstić information content (AvgIpc) is 2.65. The Morgan fingerprint density at radius 3 is 2.50 bits per heavy atom. The number of amides is 2. The lowest BCUT2D eigenvalue weighted by Gasteiger charge is -2.17. The van der Waals surface area contributed by atoms with Crippen LogP contribution in [0.25, 0.3) is 0 Å². The lowest BCUT2D eigenvalue weighted by Crippen LogP contribution is -2.30. The maximum Gasteiger partial charge on any atom is 0.266 e. The highest BCUT2D eigenvalue weighted by Gasteiger charge is 2.37. The number of hydrogen-bond acceptors (Lipinski definition) is 2. The zero-order valence-electron chi connectivity index (χ0n) is 10.5. The second kappa shape index (κ2) is 4.52. The molecule has 3 rings (SSSR count). The SMILES string of the molecule is Cc1c(Br)cccc1N1C(=O)c2ccc(F)cc2C1=O. The van der Waals surface area contributed by atoms with Crippen LogP contribution in [-0.2, 0) is 0 Å². The second-order valence-corrected chi connectivity index (χ2v) is 5.37. The molecule has 1 aliphatic heterocycles. The maximum absolute atomic E-state index is 13.2. The molecule has 0 aliphatic carbocycles. The summed E-state index contributed by atoms with van der Waals surface area (Å²) in [5.74, 6) is -1.45. The second-order valence-electron chi connectivity index (χ2n) is 4.52. The normalized spacial score (nSPS) is 13.8. The molecule has 100 valence electrons. The van der Waals surface area contributed by atoms with E-state index in [0.717, 1.165) is 21.0 Å². The van der Waals surface area contributed by atoms with Gasteiger partial charge < -0.3 is 0 Å². The molecule has 0 aromatic heterocycles. The molecule has 1 heterocycles. The van der Waals surface area contributed by atoms with Crippen molar-refractivity contribution in [3.63, 3.8) is 0 Å². The summed E-state index contributed by atoms with van der Waals surface area (Å²) in [7, 11) is 0. The molecule has 0 spiro atoms. The number of anilines is 1. The van der Waals surface area contributed by atoms with Crippen molar-refractivity contribution in [2.24, 2.45) is 0 Å². The van der Waals surface area contributed by atoms with E-state index in [-0.39, 0.29) is 11.1 Å². The first kappa shape index (κ1) is 13.0. The van der Waals surface area contributed by atoms with Gasteiger partial charge in [0.15, 0.2) is 0 Å². The van der Waals surface area contributed by atoms with Gasteiger partial charge in [-0.25, -0.2) is 9.29 Å². The number of fused-ring (bicyclic) bond motifs is 1. The van der Waals surface area contributed by atoms with Crippen LogP contribution in [0, 0.1) is 12.7 Å². The number of benzene rings is 2. The zero-order valence-corrected chi connectivity index (χ0v) is 12.1. The van der Waals surface area contributed by atoms with E-state index in [1.807, 2.05) is 13.0 Å². The van der Waals surface area contributed by atoms with E-state index in [1.165, 1.54) is 12.1 Å². The highest BCUT2D eigenvalue weighted by Crippen LogP contribution is 2.33. The Kier molecular flexibility index (Phi) is 2.94. The molecule has 20 heavy (non-hydrogen) atoms. The first-order valence-electron chi connectivity index (χ1n) is 5.94. The molecule has 0 radical (unpaired) electrons. The first-order valence-corrected chi connectivity index (χ1v) is 6.73. The topological polar surface area (TPSA) is 37.4 Å². The third kappa shape index (κ3) is 1.78. The van der Waals surface area contributed by atoms with Gasteiger partial charge in [0.2, 0.25) is 0 Å². The third-order valence-electron chi connectivity index (χ3n) is 3.33. The van der Waals surface area contributed by atoms with Gasteiger partial charge in [0.1, 0.15) is 5.82 Å². The van der Waals surface area contributed by atoms with Crippen molar-refractivity contribution >= 4 is 33.4 Å². The van der Waals surface area contributed by atoms with Crippen LogP contribution < -0.4 is 4.90 Å². The number of imide groups is 1. The summed E-state index contributed by atoms with van der Waals surface area (Å²) >= 11 is 3.37. The summed E-state index contributed by atoms with van der Waals surface area (Å²) in [5, 5.41) is 0. The van der Waals surface area contributed by atoms with Gasteiger partial charge >= 0.3 is 0 Å². The van der Waals surface area contributed by atoms with Gasteiger partial charge in [0, 0.05) is 4.47 Å². The number of rotatable bonds is 1. The summed E-state index contributed by atoms with van der Waals surface area (Å²) in [5.41, 5.74) is 1.62. The van der Waals surface area contributed by atoms with E-state index in [9.17, 15) is 14.0 Å². The first-order chi connectivity index (χ1) is 9.50. The molecule has 0 unspecified atom stereocenters. The molecule has 2 aromatic carbocycles. The summed E-state index contributed by atoms with van der Waals surface area (Å²) in [6, 6.07) is 8.90. The molecule has 0 saturated carbocycles. The predicted molar refractivity (Wildman–Crippen MR) is 76.4 cm³/mol. The molecule has 3 nitrogen and oxygen atoms in total. The van der Waals surface area contributed by atoms with Crippen LogP contribution in [0.3, 0.4) is 0 Å². The zero-order chi connectivity index (χ0) is 14.4. The minimum atomic E-state index is -0.530. The van der Waals surface area contributed by atoms with Crippen molar-refractivity contribution in [1.29, 1.82) is 0 Å². The van der Waals surface area contributed by atoms with Gasteiger partial charge in [-0.3, -0.25) is 9.59 Å². The summed E-state index contributed by atoms with van der Waals surface area (Å²) in [4.78, 5) is 25.8. The maximum atomic E-state index is 13.2. The predicted octanol–water partition coefficient (Wildman–Crippen LogP) is 3.70. The Labute approximate surface area is 123 Å². The molecule has 5 heteroatoms.